The van der Waals surface area contributed by atoms with Crippen molar-refractivity contribution in [1.29, 1.82) is 0 Å². The van der Waals surface area contributed by atoms with E-state index in [1.165, 1.54) is 0 Å². The molecule has 0 saturated heterocycles. The van der Waals surface area contributed by atoms with Crippen LogP contribution in [0, 0.1) is 0 Å². The van der Waals surface area contributed by atoms with Crippen LogP contribution < -0.4 is 10.6 Å². The number of hydrogen-bond donors (Lipinski definition) is 2. The summed E-state index contributed by atoms with van der Waals surface area (Å²) in [7, 11) is 0. The van der Waals surface area contributed by atoms with E-state index < -0.39 is 12.1 Å². The molecule has 0 unspecified atom stereocenters. The maximum atomic E-state index is 11.2. The number of amides is 4. The Morgan fingerprint density at radius 2 is 1.10 bits per heavy atom. The molecule has 0 aliphatic heterocycles. The van der Waals surface area contributed by atoms with Crippen molar-refractivity contribution in [2.24, 2.45) is 10.2 Å². The number of rotatable bonds is 10. The van der Waals surface area contributed by atoms with Crippen LogP contribution in [0.15, 0.2) is 10.2 Å². The topological polar surface area (TPSA) is 82.9 Å². The smallest absolute Gasteiger partial charge is 0.335 e. The van der Waals surface area contributed by atoms with Gasteiger partial charge < -0.3 is 10.6 Å². The summed E-state index contributed by atoms with van der Waals surface area (Å²) in [5, 5.41) is 11.8. The molecule has 0 aromatic heterocycles. The summed E-state index contributed by atoms with van der Waals surface area (Å²) in [5.74, 6) is 0. The predicted octanol–water partition coefficient (Wildman–Crippen LogP) is 4.02. The van der Waals surface area contributed by atoms with Crippen LogP contribution in [0.3, 0.4) is 0 Å². The van der Waals surface area contributed by atoms with E-state index in [4.69, 9.17) is 0 Å². The maximum absolute atomic E-state index is 11.2. The first-order valence-corrected chi connectivity index (χ1v) is 7.68. The molecule has 0 fully saturated rings. The first-order chi connectivity index (χ1) is 9.70. The molecule has 0 aliphatic carbocycles. The lowest BCUT2D eigenvalue weighted by Gasteiger charge is -2.01. The van der Waals surface area contributed by atoms with E-state index in [2.05, 4.69) is 34.7 Å². The van der Waals surface area contributed by atoms with Crippen molar-refractivity contribution in [3.05, 3.63) is 0 Å². The number of carbonyl (C=O) groups is 2. The molecule has 0 aromatic carbocycles. The van der Waals surface area contributed by atoms with Gasteiger partial charge in [0.2, 0.25) is 0 Å². The molecule has 20 heavy (non-hydrogen) atoms. The second-order valence-electron chi connectivity index (χ2n) is 4.79. The van der Waals surface area contributed by atoms with Crippen molar-refractivity contribution in [2.45, 2.75) is 65.2 Å². The van der Waals surface area contributed by atoms with Gasteiger partial charge in [-0.15, -0.1) is 0 Å². The van der Waals surface area contributed by atoms with Crippen molar-refractivity contribution >= 4 is 12.1 Å². The summed E-state index contributed by atoms with van der Waals surface area (Å²) in [4.78, 5) is 22.5. The van der Waals surface area contributed by atoms with E-state index in [0.29, 0.717) is 13.1 Å². The van der Waals surface area contributed by atoms with E-state index in [0.717, 1.165) is 51.4 Å². The number of nitrogens with one attached hydrogen (secondary N) is 2. The van der Waals surface area contributed by atoms with Gasteiger partial charge >= 0.3 is 12.1 Å². The van der Waals surface area contributed by atoms with E-state index in [9.17, 15) is 9.59 Å². The zero-order valence-corrected chi connectivity index (χ0v) is 12.8. The molecule has 116 valence electrons. The second-order valence-corrected chi connectivity index (χ2v) is 4.79. The summed E-state index contributed by atoms with van der Waals surface area (Å²) in [6.45, 7) is 5.42. The molecule has 0 rings (SSSR count). The number of unbranched alkanes of at least 4 members (excludes halogenated alkanes) is 6. The molecular weight excluding hydrogens is 256 g/mol. The van der Waals surface area contributed by atoms with Crippen LogP contribution in [0.1, 0.15) is 65.2 Å². The van der Waals surface area contributed by atoms with Gasteiger partial charge in [0.15, 0.2) is 0 Å². The Hall–Kier alpha value is -1.46. The zero-order valence-electron chi connectivity index (χ0n) is 12.8. The van der Waals surface area contributed by atoms with Gasteiger partial charge in [0.25, 0.3) is 0 Å². The van der Waals surface area contributed by atoms with Crippen molar-refractivity contribution in [3.8, 4) is 0 Å². The molecule has 0 saturated carbocycles. The second kappa shape index (κ2) is 14.0. The van der Waals surface area contributed by atoms with Crippen LogP contribution in [-0.4, -0.2) is 25.2 Å². The highest BCUT2D eigenvalue weighted by Gasteiger charge is 2.00. The Morgan fingerprint density at radius 1 is 0.700 bits per heavy atom. The number of carbonyl (C=O) groups excluding carboxylic acids is 2. The SMILES string of the molecule is CCCCCCNC(=O)/N=N/C(=O)NCCCCCC. The third kappa shape index (κ3) is 13.0. The molecule has 6 nitrogen and oxygen atoms in total. The Labute approximate surface area is 121 Å². The molecule has 0 aliphatic rings. The number of nitrogens with zero attached hydrogens (tertiary/aromatic N) is 2. The molecule has 2 N–H and O–H groups in total. The molecule has 6 heteroatoms. The van der Waals surface area contributed by atoms with Crippen LogP contribution in [0.4, 0.5) is 9.59 Å². The average Bonchev–Trinajstić information content (AvgIpc) is 2.44. The fourth-order valence-electron chi connectivity index (χ4n) is 1.66. The summed E-state index contributed by atoms with van der Waals surface area (Å²) in [6, 6.07) is -1.11. The summed E-state index contributed by atoms with van der Waals surface area (Å²) in [5.41, 5.74) is 0. The van der Waals surface area contributed by atoms with Gasteiger partial charge in [-0.3, -0.25) is 0 Å². The number of azo groups is 1. The molecular formula is C14H28N4O2. The molecule has 0 atom stereocenters. The van der Waals surface area contributed by atoms with Crippen LogP contribution in [-0.2, 0) is 0 Å². The zero-order chi connectivity index (χ0) is 15.1. The Balaban J connectivity index is 3.54. The Kier molecular flexibility index (Phi) is 12.9. The van der Waals surface area contributed by atoms with Gasteiger partial charge in [-0.1, -0.05) is 62.6 Å². The molecule has 0 aromatic rings. The fourth-order valence-corrected chi connectivity index (χ4v) is 1.66. The third-order valence-electron chi connectivity index (χ3n) is 2.84. The predicted molar refractivity (Wildman–Crippen MR) is 79.9 cm³/mol. The Morgan fingerprint density at radius 3 is 1.45 bits per heavy atom. The van der Waals surface area contributed by atoms with Gasteiger partial charge in [0, 0.05) is 13.1 Å². The van der Waals surface area contributed by atoms with Crippen LogP contribution >= 0.6 is 0 Å². The van der Waals surface area contributed by atoms with E-state index in [-0.39, 0.29) is 0 Å². The minimum absolute atomic E-state index is 0.553. The lowest BCUT2D eigenvalue weighted by atomic mass is 10.2. The fraction of sp³-hybridized carbons (Fsp3) is 0.857. The average molecular weight is 284 g/mol. The monoisotopic (exact) mass is 284 g/mol. The summed E-state index contributed by atoms with van der Waals surface area (Å²) >= 11 is 0. The van der Waals surface area contributed by atoms with Crippen molar-refractivity contribution in [1.82, 2.24) is 10.6 Å². The van der Waals surface area contributed by atoms with Gasteiger partial charge in [-0.25, -0.2) is 9.59 Å². The molecule has 0 radical (unpaired) electrons. The van der Waals surface area contributed by atoms with E-state index >= 15 is 0 Å². The van der Waals surface area contributed by atoms with E-state index in [1.54, 1.807) is 0 Å². The molecule has 0 heterocycles. The summed E-state index contributed by atoms with van der Waals surface area (Å²) < 4.78 is 0. The third-order valence-corrected chi connectivity index (χ3v) is 2.84. The largest absolute Gasteiger partial charge is 0.359 e. The van der Waals surface area contributed by atoms with Crippen molar-refractivity contribution < 1.29 is 9.59 Å². The molecule has 0 spiro atoms. The molecule has 4 amide bonds. The number of hydrogen-bond acceptors (Lipinski definition) is 2. The van der Waals surface area contributed by atoms with Gasteiger partial charge in [0.05, 0.1) is 0 Å². The van der Waals surface area contributed by atoms with Gasteiger partial charge in [0.1, 0.15) is 0 Å². The highest BCUT2D eigenvalue weighted by Crippen LogP contribution is 1.98. The van der Waals surface area contributed by atoms with Crippen LogP contribution in [0.5, 0.6) is 0 Å². The highest BCUT2D eigenvalue weighted by atomic mass is 16.2. The van der Waals surface area contributed by atoms with E-state index in [1.807, 2.05) is 0 Å². The Bertz CT molecular complexity index is 265. The normalized spacial score (nSPS) is 10.7. The first kappa shape index (κ1) is 18.5. The van der Waals surface area contributed by atoms with Gasteiger partial charge in [-0.05, 0) is 12.8 Å². The van der Waals surface area contributed by atoms with Gasteiger partial charge in [-0.2, -0.15) is 0 Å². The number of urea groups is 2. The van der Waals surface area contributed by atoms with Crippen molar-refractivity contribution in [3.63, 3.8) is 0 Å². The minimum atomic E-state index is -0.553. The lowest BCUT2D eigenvalue weighted by molar-refractivity contribution is 0.241. The standard InChI is InChI=1S/C14H28N4O2/c1-3-5-7-9-11-15-13(19)17-18-14(20)16-12-10-8-6-4-2/h3-12H2,1-2H3,(H,15,19)(H,16,20)/b18-17+. The summed E-state index contributed by atoms with van der Waals surface area (Å²) in [6.07, 6.45) is 8.68. The lowest BCUT2D eigenvalue weighted by Crippen LogP contribution is -2.23. The minimum Gasteiger partial charge on any atom is -0.335 e. The first-order valence-electron chi connectivity index (χ1n) is 7.68. The molecule has 0 bridgehead atoms. The van der Waals surface area contributed by atoms with Crippen LogP contribution in [0.2, 0.25) is 0 Å². The quantitative estimate of drug-likeness (QED) is 0.469. The van der Waals surface area contributed by atoms with Crippen LogP contribution in [0.25, 0.3) is 0 Å². The van der Waals surface area contributed by atoms with Crippen molar-refractivity contribution in [2.75, 3.05) is 13.1 Å². The highest BCUT2D eigenvalue weighted by molar-refractivity contribution is 5.79. The maximum Gasteiger partial charge on any atom is 0.359 e.